The third kappa shape index (κ3) is 3.99. The predicted molar refractivity (Wildman–Crippen MR) is 57.5 cm³/mol. The summed E-state index contributed by atoms with van der Waals surface area (Å²) in [5.74, 6) is 0. The molecule has 1 aromatic rings. The maximum atomic E-state index is 8.83. The van der Waals surface area contributed by atoms with Crippen LogP contribution in [0.1, 0.15) is 5.69 Å². The number of aliphatic hydroxyl groups is 2. The van der Waals surface area contributed by atoms with Crippen molar-refractivity contribution in [3.63, 3.8) is 0 Å². The molecule has 86 valence electrons. The lowest BCUT2D eigenvalue weighted by Crippen LogP contribution is -2.32. The van der Waals surface area contributed by atoms with Crippen molar-refractivity contribution in [2.45, 2.75) is 6.42 Å². The van der Waals surface area contributed by atoms with E-state index < -0.39 is 0 Å². The highest BCUT2D eigenvalue weighted by molar-refractivity contribution is 5.00. The Morgan fingerprint density at radius 1 is 1.27 bits per heavy atom. The van der Waals surface area contributed by atoms with Gasteiger partial charge in [-0.15, -0.1) is 0 Å². The lowest BCUT2D eigenvalue weighted by molar-refractivity contribution is 0.162. The van der Waals surface area contributed by atoms with Gasteiger partial charge in [0.05, 0.1) is 13.2 Å². The molecule has 15 heavy (non-hydrogen) atoms. The van der Waals surface area contributed by atoms with Gasteiger partial charge in [-0.05, 0) is 6.07 Å². The first kappa shape index (κ1) is 12.2. The molecule has 0 saturated heterocycles. The number of nitrogens with zero attached hydrogens (tertiary/aromatic N) is 3. The molecular formula is C10H19N3O2. The van der Waals surface area contributed by atoms with Gasteiger partial charge in [-0.25, -0.2) is 0 Å². The van der Waals surface area contributed by atoms with Crippen molar-refractivity contribution in [2.75, 3.05) is 32.8 Å². The van der Waals surface area contributed by atoms with Gasteiger partial charge < -0.3 is 10.2 Å². The second-order valence-electron chi connectivity index (χ2n) is 3.49. The number of hydrogen-bond donors (Lipinski definition) is 2. The molecule has 0 saturated carbocycles. The fourth-order valence-corrected chi connectivity index (χ4v) is 1.54. The molecule has 0 spiro atoms. The molecule has 1 heterocycles. The van der Waals surface area contributed by atoms with Gasteiger partial charge in [0.1, 0.15) is 0 Å². The lowest BCUT2D eigenvalue weighted by Gasteiger charge is -2.19. The molecule has 0 unspecified atom stereocenters. The van der Waals surface area contributed by atoms with Gasteiger partial charge in [0, 0.05) is 45.0 Å². The zero-order chi connectivity index (χ0) is 11.1. The number of aromatic nitrogens is 2. The highest BCUT2D eigenvalue weighted by atomic mass is 16.3. The SMILES string of the molecule is Cn1nccc1CCN(CCO)CCO. The summed E-state index contributed by atoms with van der Waals surface area (Å²) in [6, 6.07) is 1.98. The van der Waals surface area contributed by atoms with Gasteiger partial charge in [0.25, 0.3) is 0 Å². The summed E-state index contributed by atoms with van der Waals surface area (Å²) in [6.45, 7) is 2.31. The Bertz CT molecular complexity index is 269. The standard InChI is InChI=1S/C10H19N3O2/c1-12-10(2-4-11-12)3-5-13(6-8-14)7-9-15/h2,4,14-15H,3,5-9H2,1H3. The topological polar surface area (TPSA) is 61.5 Å². The third-order valence-corrected chi connectivity index (χ3v) is 2.44. The fourth-order valence-electron chi connectivity index (χ4n) is 1.54. The zero-order valence-electron chi connectivity index (χ0n) is 9.13. The smallest absolute Gasteiger partial charge is 0.0558 e. The molecule has 0 aliphatic carbocycles. The van der Waals surface area contributed by atoms with Crippen LogP contribution >= 0.6 is 0 Å². The van der Waals surface area contributed by atoms with Crippen LogP contribution in [-0.4, -0.2) is 57.7 Å². The van der Waals surface area contributed by atoms with Gasteiger partial charge >= 0.3 is 0 Å². The number of hydrogen-bond acceptors (Lipinski definition) is 4. The maximum Gasteiger partial charge on any atom is 0.0558 e. The van der Waals surface area contributed by atoms with E-state index >= 15 is 0 Å². The first-order valence-corrected chi connectivity index (χ1v) is 5.19. The van der Waals surface area contributed by atoms with Gasteiger partial charge in [0.15, 0.2) is 0 Å². The molecule has 5 heteroatoms. The van der Waals surface area contributed by atoms with E-state index in [0.29, 0.717) is 13.1 Å². The largest absolute Gasteiger partial charge is 0.395 e. The van der Waals surface area contributed by atoms with Crippen molar-refractivity contribution >= 4 is 0 Å². The van der Waals surface area contributed by atoms with E-state index in [-0.39, 0.29) is 13.2 Å². The first-order chi connectivity index (χ1) is 7.27. The van der Waals surface area contributed by atoms with Crippen LogP contribution in [0.3, 0.4) is 0 Å². The molecule has 0 radical (unpaired) electrons. The van der Waals surface area contributed by atoms with E-state index in [0.717, 1.165) is 18.7 Å². The van der Waals surface area contributed by atoms with Gasteiger partial charge in [-0.2, -0.15) is 5.10 Å². The molecule has 0 aromatic carbocycles. The minimum absolute atomic E-state index is 0.130. The second-order valence-corrected chi connectivity index (χ2v) is 3.49. The molecule has 0 aliphatic rings. The molecule has 0 amide bonds. The highest BCUT2D eigenvalue weighted by Gasteiger charge is 2.05. The van der Waals surface area contributed by atoms with Crippen LogP contribution in [0.2, 0.25) is 0 Å². The summed E-state index contributed by atoms with van der Waals surface area (Å²) >= 11 is 0. The molecule has 1 rings (SSSR count). The molecule has 0 aliphatic heterocycles. The van der Waals surface area contributed by atoms with Crippen LogP contribution in [0.4, 0.5) is 0 Å². The van der Waals surface area contributed by atoms with Gasteiger partial charge in [-0.1, -0.05) is 0 Å². The van der Waals surface area contributed by atoms with Crippen LogP contribution in [0.5, 0.6) is 0 Å². The summed E-state index contributed by atoms with van der Waals surface area (Å²) in [5, 5.41) is 21.8. The van der Waals surface area contributed by atoms with Crippen LogP contribution in [0.25, 0.3) is 0 Å². The van der Waals surface area contributed by atoms with E-state index in [1.807, 2.05) is 22.7 Å². The molecule has 2 N–H and O–H groups in total. The summed E-state index contributed by atoms with van der Waals surface area (Å²) < 4.78 is 1.84. The van der Waals surface area contributed by atoms with Crippen LogP contribution < -0.4 is 0 Å². The summed E-state index contributed by atoms with van der Waals surface area (Å²) in [7, 11) is 1.91. The summed E-state index contributed by atoms with van der Waals surface area (Å²) in [4.78, 5) is 2.03. The predicted octanol–water partition coefficient (Wildman–Crippen LogP) is -0.751. The Kier molecular flexibility index (Phi) is 5.31. The van der Waals surface area contributed by atoms with Gasteiger partial charge in [0.2, 0.25) is 0 Å². The summed E-state index contributed by atoms with van der Waals surface area (Å²) in [6.07, 6.45) is 2.66. The molecule has 5 nitrogen and oxygen atoms in total. The Labute approximate surface area is 89.9 Å². The van der Waals surface area contributed by atoms with Crippen LogP contribution in [-0.2, 0) is 13.5 Å². The molecule has 0 bridgehead atoms. The van der Waals surface area contributed by atoms with Crippen molar-refractivity contribution in [1.82, 2.24) is 14.7 Å². The Morgan fingerprint density at radius 2 is 1.93 bits per heavy atom. The Morgan fingerprint density at radius 3 is 2.40 bits per heavy atom. The maximum absolute atomic E-state index is 8.83. The number of aliphatic hydroxyl groups excluding tert-OH is 2. The van der Waals surface area contributed by atoms with Crippen LogP contribution in [0.15, 0.2) is 12.3 Å². The molecule has 0 atom stereocenters. The highest BCUT2D eigenvalue weighted by Crippen LogP contribution is 1.99. The lowest BCUT2D eigenvalue weighted by atomic mass is 10.3. The molecule has 0 fully saturated rings. The average Bonchev–Trinajstić information content (AvgIpc) is 2.61. The van der Waals surface area contributed by atoms with E-state index in [1.54, 1.807) is 6.20 Å². The van der Waals surface area contributed by atoms with Crippen molar-refractivity contribution < 1.29 is 10.2 Å². The monoisotopic (exact) mass is 213 g/mol. The van der Waals surface area contributed by atoms with Crippen molar-refractivity contribution in [1.29, 1.82) is 0 Å². The Balaban J connectivity index is 2.36. The average molecular weight is 213 g/mol. The van der Waals surface area contributed by atoms with Crippen molar-refractivity contribution in [2.24, 2.45) is 7.05 Å². The first-order valence-electron chi connectivity index (χ1n) is 5.19. The van der Waals surface area contributed by atoms with Crippen LogP contribution in [0, 0.1) is 0 Å². The second kappa shape index (κ2) is 6.55. The van der Waals surface area contributed by atoms with E-state index in [4.69, 9.17) is 10.2 Å². The van der Waals surface area contributed by atoms with E-state index in [1.165, 1.54) is 0 Å². The summed E-state index contributed by atoms with van der Waals surface area (Å²) in [5.41, 5.74) is 1.16. The third-order valence-electron chi connectivity index (χ3n) is 2.44. The molecular weight excluding hydrogens is 194 g/mol. The number of aryl methyl sites for hydroxylation is 1. The molecule has 1 aromatic heterocycles. The van der Waals surface area contributed by atoms with E-state index in [9.17, 15) is 0 Å². The number of rotatable bonds is 7. The quantitative estimate of drug-likeness (QED) is 0.625. The fraction of sp³-hybridized carbons (Fsp3) is 0.700. The minimum atomic E-state index is 0.130. The Hall–Kier alpha value is -0.910. The minimum Gasteiger partial charge on any atom is -0.395 e. The van der Waals surface area contributed by atoms with Crippen molar-refractivity contribution in [3.8, 4) is 0 Å². The normalized spacial score (nSPS) is 11.2. The van der Waals surface area contributed by atoms with Gasteiger partial charge in [-0.3, -0.25) is 9.58 Å². The van der Waals surface area contributed by atoms with Crippen molar-refractivity contribution in [3.05, 3.63) is 18.0 Å². The zero-order valence-corrected chi connectivity index (χ0v) is 9.13. The van der Waals surface area contributed by atoms with E-state index in [2.05, 4.69) is 5.10 Å².